The van der Waals surface area contributed by atoms with Gasteiger partial charge in [0.1, 0.15) is 0 Å². The molecule has 0 spiro atoms. The third kappa shape index (κ3) is 3.74. The van der Waals surface area contributed by atoms with Gasteiger partial charge in [-0.05, 0) is 57.5 Å². The predicted octanol–water partition coefficient (Wildman–Crippen LogP) is 2.78. The first-order valence-corrected chi connectivity index (χ1v) is 6.74. The molecule has 1 fully saturated rings. The Morgan fingerprint density at radius 1 is 1.00 bits per heavy atom. The average Bonchev–Trinajstić information content (AvgIpc) is 2.38. The number of nitrogens with zero attached hydrogens (tertiary/aromatic N) is 2. The fourth-order valence-corrected chi connectivity index (χ4v) is 2.38. The van der Waals surface area contributed by atoms with Crippen molar-refractivity contribution >= 4 is 5.69 Å². The Labute approximate surface area is 105 Å². The molecular weight excluding hydrogens is 208 g/mol. The monoisotopic (exact) mass is 232 g/mol. The van der Waals surface area contributed by atoms with Crippen molar-refractivity contribution in [1.82, 2.24) is 4.90 Å². The molecule has 0 aliphatic carbocycles. The summed E-state index contributed by atoms with van der Waals surface area (Å²) >= 11 is 0. The summed E-state index contributed by atoms with van der Waals surface area (Å²) < 4.78 is 0. The van der Waals surface area contributed by atoms with Crippen LogP contribution in [0.4, 0.5) is 5.69 Å². The van der Waals surface area contributed by atoms with Gasteiger partial charge in [0.25, 0.3) is 0 Å². The first kappa shape index (κ1) is 12.4. The van der Waals surface area contributed by atoms with E-state index in [1.54, 1.807) is 0 Å². The van der Waals surface area contributed by atoms with E-state index < -0.39 is 0 Å². The second-order valence-corrected chi connectivity index (χ2v) is 5.27. The largest absolute Gasteiger partial charge is 0.372 e. The molecule has 1 aliphatic rings. The number of anilines is 1. The van der Waals surface area contributed by atoms with E-state index in [2.05, 4.69) is 48.2 Å². The van der Waals surface area contributed by atoms with Crippen molar-refractivity contribution in [2.75, 3.05) is 38.6 Å². The number of piperidine rings is 1. The van der Waals surface area contributed by atoms with Gasteiger partial charge in [0.2, 0.25) is 0 Å². The molecule has 0 N–H and O–H groups in total. The van der Waals surface area contributed by atoms with Crippen LogP contribution >= 0.6 is 0 Å². The second kappa shape index (κ2) is 6.06. The van der Waals surface area contributed by atoms with Gasteiger partial charge >= 0.3 is 0 Å². The zero-order chi connectivity index (χ0) is 12.1. The number of rotatable bonds is 4. The number of hydrogen-bond acceptors (Lipinski definition) is 2. The lowest BCUT2D eigenvalue weighted by Crippen LogP contribution is -2.29. The van der Waals surface area contributed by atoms with Crippen LogP contribution in [-0.4, -0.2) is 38.6 Å². The maximum atomic E-state index is 2.51. The van der Waals surface area contributed by atoms with Crippen LogP contribution < -0.4 is 4.90 Å². The Morgan fingerprint density at radius 2 is 1.65 bits per heavy atom. The highest BCUT2D eigenvalue weighted by molar-refractivity contribution is 5.47. The van der Waals surface area contributed by atoms with E-state index in [1.165, 1.54) is 43.6 Å². The fourth-order valence-electron chi connectivity index (χ4n) is 2.38. The molecule has 17 heavy (non-hydrogen) atoms. The summed E-state index contributed by atoms with van der Waals surface area (Å²) in [7, 11) is 4.25. The molecule has 0 aromatic heterocycles. The molecule has 94 valence electrons. The van der Waals surface area contributed by atoms with Crippen LogP contribution in [0.25, 0.3) is 0 Å². The van der Waals surface area contributed by atoms with E-state index in [9.17, 15) is 0 Å². The SMILES string of the molecule is CN(C)CCc1ccc(N2CCCCC2)cc1. The van der Waals surface area contributed by atoms with Gasteiger partial charge in [-0.25, -0.2) is 0 Å². The van der Waals surface area contributed by atoms with E-state index in [0.29, 0.717) is 0 Å². The Kier molecular flexibility index (Phi) is 4.43. The Hall–Kier alpha value is -1.02. The van der Waals surface area contributed by atoms with Crippen molar-refractivity contribution in [3.63, 3.8) is 0 Å². The van der Waals surface area contributed by atoms with E-state index in [0.717, 1.165) is 13.0 Å². The number of benzene rings is 1. The van der Waals surface area contributed by atoms with Crippen molar-refractivity contribution in [1.29, 1.82) is 0 Å². The zero-order valence-corrected chi connectivity index (χ0v) is 11.2. The average molecular weight is 232 g/mol. The van der Waals surface area contributed by atoms with Crippen molar-refractivity contribution in [3.05, 3.63) is 29.8 Å². The fraction of sp³-hybridized carbons (Fsp3) is 0.600. The molecule has 0 amide bonds. The highest BCUT2D eigenvalue weighted by atomic mass is 15.1. The van der Waals surface area contributed by atoms with Gasteiger partial charge in [0.05, 0.1) is 0 Å². The van der Waals surface area contributed by atoms with Crippen LogP contribution in [0, 0.1) is 0 Å². The molecule has 1 saturated heterocycles. The molecule has 1 aromatic rings. The second-order valence-electron chi connectivity index (χ2n) is 5.27. The third-order valence-corrected chi connectivity index (χ3v) is 3.51. The van der Waals surface area contributed by atoms with Gasteiger partial charge in [0, 0.05) is 25.3 Å². The van der Waals surface area contributed by atoms with Crippen LogP contribution in [0.1, 0.15) is 24.8 Å². The van der Waals surface area contributed by atoms with Crippen LogP contribution in [0.3, 0.4) is 0 Å². The van der Waals surface area contributed by atoms with Crippen molar-refractivity contribution < 1.29 is 0 Å². The minimum atomic E-state index is 1.13. The van der Waals surface area contributed by atoms with Gasteiger partial charge in [0.15, 0.2) is 0 Å². The molecule has 0 radical (unpaired) electrons. The molecule has 0 saturated carbocycles. The molecule has 1 heterocycles. The molecule has 1 aliphatic heterocycles. The molecule has 2 rings (SSSR count). The molecule has 1 aromatic carbocycles. The van der Waals surface area contributed by atoms with Gasteiger partial charge in [-0.3, -0.25) is 0 Å². The minimum absolute atomic E-state index is 1.13. The smallest absolute Gasteiger partial charge is 0.0366 e. The summed E-state index contributed by atoms with van der Waals surface area (Å²) in [6.07, 6.45) is 5.25. The maximum Gasteiger partial charge on any atom is 0.0366 e. The summed E-state index contributed by atoms with van der Waals surface area (Å²) in [6.45, 7) is 3.59. The highest BCUT2D eigenvalue weighted by Gasteiger charge is 2.10. The highest BCUT2D eigenvalue weighted by Crippen LogP contribution is 2.20. The Bertz CT molecular complexity index is 323. The van der Waals surface area contributed by atoms with E-state index in [4.69, 9.17) is 0 Å². The summed E-state index contributed by atoms with van der Waals surface area (Å²) in [5.74, 6) is 0. The number of hydrogen-bond donors (Lipinski definition) is 0. The number of likely N-dealkylation sites (N-methyl/N-ethyl adjacent to an activating group) is 1. The zero-order valence-electron chi connectivity index (χ0n) is 11.2. The summed E-state index contributed by atoms with van der Waals surface area (Å²) in [5.41, 5.74) is 2.85. The summed E-state index contributed by atoms with van der Waals surface area (Å²) in [4.78, 5) is 4.75. The minimum Gasteiger partial charge on any atom is -0.372 e. The van der Waals surface area contributed by atoms with Gasteiger partial charge in [-0.2, -0.15) is 0 Å². The van der Waals surface area contributed by atoms with Gasteiger partial charge < -0.3 is 9.80 Å². The van der Waals surface area contributed by atoms with Crippen molar-refractivity contribution in [2.45, 2.75) is 25.7 Å². The van der Waals surface area contributed by atoms with Crippen molar-refractivity contribution in [3.8, 4) is 0 Å². The topological polar surface area (TPSA) is 6.48 Å². The van der Waals surface area contributed by atoms with E-state index >= 15 is 0 Å². The molecule has 2 nitrogen and oxygen atoms in total. The van der Waals surface area contributed by atoms with Crippen LogP contribution in [0.15, 0.2) is 24.3 Å². The van der Waals surface area contributed by atoms with Crippen molar-refractivity contribution in [2.24, 2.45) is 0 Å². The first-order chi connectivity index (χ1) is 8.25. The molecular formula is C15H24N2. The lowest BCUT2D eigenvalue weighted by molar-refractivity contribution is 0.413. The first-order valence-electron chi connectivity index (χ1n) is 6.74. The van der Waals surface area contributed by atoms with Gasteiger partial charge in [-0.1, -0.05) is 12.1 Å². The maximum absolute atomic E-state index is 2.51. The summed E-state index contributed by atoms with van der Waals surface area (Å²) in [5, 5.41) is 0. The molecule has 0 bridgehead atoms. The summed E-state index contributed by atoms with van der Waals surface area (Å²) in [6, 6.07) is 9.15. The predicted molar refractivity (Wildman–Crippen MR) is 74.8 cm³/mol. The Balaban J connectivity index is 1.92. The van der Waals surface area contributed by atoms with Gasteiger partial charge in [-0.15, -0.1) is 0 Å². The van der Waals surface area contributed by atoms with E-state index in [-0.39, 0.29) is 0 Å². The third-order valence-electron chi connectivity index (χ3n) is 3.51. The lowest BCUT2D eigenvalue weighted by atomic mass is 10.1. The lowest BCUT2D eigenvalue weighted by Gasteiger charge is -2.28. The molecule has 0 unspecified atom stereocenters. The van der Waals surface area contributed by atoms with E-state index in [1.807, 2.05) is 0 Å². The van der Waals surface area contributed by atoms with Crippen LogP contribution in [-0.2, 0) is 6.42 Å². The van der Waals surface area contributed by atoms with Crippen LogP contribution in [0.2, 0.25) is 0 Å². The molecule has 2 heteroatoms. The van der Waals surface area contributed by atoms with Crippen LogP contribution in [0.5, 0.6) is 0 Å². The normalized spacial score (nSPS) is 16.5. The standard InChI is InChI=1S/C15H24N2/c1-16(2)13-10-14-6-8-15(9-7-14)17-11-4-3-5-12-17/h6-9H,3-5,10-13H2,1-2H3. The Morgan fingerprint density at radius 3 is 2.24 bits per heavy atom. The molecule has 0 atom stereocenters. The quantitative estimate of drug-likeness (QED) is 0.787.